The molecule has 1 aliphatic carbocycles. The van der Waals surface area contributed by atoms with Crippen LogP contribution >= 0.6 is 0 Å². The van der Waals surface area contributed by atoms with Crippen LogP contribution < -0.4 is 10.6 Å². The van der Waals surface area contributed by atoms with Crippen LogP contribution in [0, 0.1) is 12.7 Å². The van der Waals surface area contributed by atoms with Gasteiger partial charge in [0, 0.05) is 43.3 Å². The molecule has 3 aliphatic rings. The predicted octanol–water partition coefficient (Wildman–Crippen LogP) is 2.87. The van der Waals surface area contributed by atoms with Crippen LogP contribution in [0.5, 0.6) is 0 Å². The quantitative estimate of drug-likeness (QED) is 0.500. The topological polar surface area (TPSA) is 123 Å². The number of alkyl carbamates (subject to hydrolysis) is 1. The van der Waals surface area contributed by atoms with Gasteiger partial charge in [-0.1, -0.05) is 30.3 Å². The number of benzene rings is 2. The van der Waals surface area contributed by atoms with E-state index in [1.165, 1.54) is 11.0 Å². The standard InChI is InChI=1S/C27H26FN5O5/c1-14-3-2-4-16-12-30-33(24(14)16)18-9-19(10-18)38-27(37)29-11-15-5-6-17-13-32(26(36)22(17)23(15)28)20-7-8-21(34)31-25(20)35/h2-6,12,18-20H,7-11,13H2,1H3,(H,29,37)(H,31,34,35). The van der Waals surface area contributed by atoms with Gasteiger partial charge in [0.15, 0.2) is 0 Å². The van der Waals surface area contributed by atoms with Crippen molar-refractivity contribution >= 4 is 34.7 Å². The van der Waals surface area contributed by atoms with Crippen LogP contribution in [-0.4, -0.2) is 50.6 Å². The van der Waals surface area contributed by atoms with Crippen molar-refractivity contribution in [3.63, 3.8) is 0 Å². The molecule has 0 bridgehead atoms. The number of fused-ring (bicyclic) bond motifs is 2. The summed E-state index contributed by atoms with van der Waals surface area (Å²) in [5, 5.41) is 10.4. The number of imide groups is 1. The lowest BCUT2D eigenvalue weighted by atomic mass is 9.89. The van der Waals surface area contributed by atoms with Gasteiger partial charge in [-0.05, 0) is 24.5 Å². The maximum absolute atomic E-state index is 15.3. The molecule has 1 aromatic heterocycles. The Balaban J connectivity index is 1.04. The first-order valence-electron chi connectivity index (χ1n) is 12.6. The van der Waals surface area contributed by atoms with Crippen molar-refractivity contribution in [3.05, 3.63) is 64.6 Å². The molecule has 2 aliphatic heterocycles. The Morgan fingerprint density at radius 2 is 2.03 bits per heavy atom. The Morgan fingerprint density at radius 1 is 1.21 bits per heavy atom. The number of nitrogens with one attached hydrogen (secondary N) is 2. The third-order valence-corrected chi connectivity index (χ3v) is 7.64. The van der Waals surface area contributed by atoms with Gasteiger partial charge in [-0.25, -0.2) is 9.18 Å². The summed E-state index contributed by atoms with van der Waals surface area (Å²) in [6.07, 6.45) is 2.50. The predicted molar refractivity (Wildman–Crippen MR) is 132 cm³/mol. The van der Waals surface area contributed by atoms with Crippen LogP contribution in [0.25, 0.3) is 10.9 Å². The Labute approximate surface area is 217 Å². The average molecular weight is 520 g/mol. The molecule has 1 saturated carbocycles. The summed E-state index contributed by atoms with van der Waals surface area (Å²) < 4.78 is 22.8. The number of hydrogen-bond donors (Lipinski definition) is 2. The van der Waals surface area contributed by atoms with Crippen molar-refractivity contribution in [1.82, 2.24) is 25.3 Å². The van der Waals surface area contributed by atoms with Crippen molar-refractivity contribution in [2.75, 3.05) is 0 Å². The normalized spacial score (nSPS) is 22.7. The van der Waals surface area contributed by atoms with Gasteiger partial charge in [-0.15, -0.1) is 0 Å². The summed E-state index contributed by atoms with van der Waals surface area (Å²) in [4.78, 5) is 50.3. The molecular weight excluding hydrogens is 493 g/mol. The van der Waals surface area contributed by atoms with E-state index in [0.717, 1.165) is 16.5 Å². The van der Waals surface area contributed by atoms with Crippen LogP contribution in [0.2, 0.25) is 0 Å². The van der Waals surface area contributed by atoms with E-state index in [0.29, 0.717) is 18.4 Å². The van der Waals surface area contributed by atoms with E-state index >= 15 is 4.39 Å². The van der Waals surface area contributed by atoms with Crippen LogP contribution in [0.3, 0.4) is 0 Å². The van der Waals surface area contributed by atoms with Crippen molar-refractivity contribution < 1.29 is 28.3 Å². The SMILES string of the molecule is Cc1cccc2cnn(C3CC(OC(=O)NCc4ccc5c(c4F)C(=O)N(C4CCC(=O)NC4=O)C5)C3)c12. The van der Waals surface area contributed by atoms with Gasteiger partial charge in [0.25, 0.3) is 5.91 Å². The molecule has 4 amide bonds. The molecule has 3 heterocycles. The number of rotatable bonds is 5. The number of nitrogens with zero attached hydrogens (tertiary/aromatic N) is 3. The van der Waals surface area contributed by atoms with Gasteiger partial charge in [0.2, 0.25) is 11.8 Å². The number of aromatic nitrogens is 2. The molecule has 3 aromatic rings. The minimum Gasteiger partial charge on any atom is -0.446 e. The minimum absolute atomic E-state index is 0.0843. The van der Waals surface area contributed by atoms with Gasteiger partial charge in [-0.3, -0.25) is 24.4 Å². The fourth-order valence-electron chi connectivity index (χ4n) is 5.54. The number of hydrogen-bond acceptors (Lipinski definition) is 6. The Morgan fingerprint density at radius 3 is 2.82 bits per heavy atom. The second kappa shape index (κ2) is 9.23. The maximum atomic E-state index is 15.3. The third kappa shape index (κ3) is 4.07. The third-order valence-electron chi connectivity index (χ3n) is 7.64. The van der Waals surface area contributed by atoms with Gasteiger partial charge >= 0.3 is 6.09 Å². The zero-order valence-electron chi connectivity index (χ0n) is 20.7. The number of para-hydroxylation sites is 1. The molecule has 2 fully saturated rings. The molecule has 1 atom stereocenters. The van der Waals surface area contributed by atoms with E-state index in [4.69, 9.17) is 4.74 Å². The van der Waals surface area contributed by atoms with Crippen LogP contribution in [0.15, 0.2) is 36.5 Å². The van der Waals surface area contributed by atoms with E-state index in [1.54, 1.807) is 6.07 Å². The lowest BCUT2D eigenvalue weighted by molar-refractivity contribution is -0.136. The Hall–Kier alpha value is -4.28. The highest BCUT2D eigenvalue weighted by atomic mass is 19.1. The van der Waals surface area contributed by atoms with E-state index in [2.05, 4.69) is 15.7 Å². The fraction of sp³-hybridized carbons (Fsp3) is 0.370. The fourth-order valence-corrected chi connectivity index (χ4v) is 5.54. The van der Waals surface area contributed by atoms with Crippen molar-refractivity contribution in [1.29, 1.82) is 0 Å². The zero-order chi connectivity index (χ0) is 26.6. The maximum Gasteiger partial charge on any atom is 0.407 e. The molecule has 0 spiro atoms. The Kier molecular flexibility index (Phi) is 5.85. The first kappa shape index (κ1) is 24.1. The van der Waals surface area contributed by atoms with Crippen LogP contribution in [0.1, 0.15) is 58.8 Å². The van der Waals surface area contributed by atoms with E-state index in [9.17, 15) is 19.2 Å². The lowest BCUT2D eigenvalue weighted by Gasteiger charge is -2.35. The van der Waals surface area contributed by atoms with Crippen molar-refractivity contribution in [2.45, 2.75) is 63.9 Å². The van der Waals surface area contributed by atoms with Gasteiger partial charge in [0.1, 0.15) is 18.0 Å². The number of ether oxygens (including phenoxy) is 1. The van der Waals surface area contributed by atoms with Gasteiger partial charge in [-0.2, -0.15) is 5.10 Å². The van der Waals surface area contributed by atoms with E-state index < -0.39 is 29.8 Å². The molecule has 2 N–H and O–H groups in total. The second-order valence-electron chi connectivity index (χ2n) is 10.1. The summed E-state index contributed by atoms with van der Waals surface area (Å²) in [6.45, 7) is 1.97. The number of amides is 4. The summed E-state index contributed by atoms with van der Waals surface area (Å²) >= 11 is 0. The number of piperidine rings is 1. The molecule has 0 radical (unpaired) electrons. The smallest absolute Gasteiger partial charge is 0.407 e. The lowest BCUT2D eigenvalue weighted by Crippen LogP contribution is -2.52. The first-order chi connectivity index (χ1) is 18.3. The summed E-state index contributed by atoms with van der Waals surface area (Å²) in [6, 6.07) is 8.51. The zero-order valence-corrected chi connectivity index (χ0v) is 20.7. The highest BCUT2D eigenvalue weighted by molar-refractivity contribution is 6.05. The van der Waals surface area contributed by atoms with Gasteiger partial charge < -0.3 is 15.0 Å². The first-order valence-corrected chi connectivity index (χ1v) is 12.6. The Bertz CT molecular complexity index is 1490. The second-order valence-corrected chi connectivity index (χ2v) is 10.1. The van der Waals surface area contributed by atoms with Crippen molar-refractivity contribution in [2.24, 2.45) is 0 Å². The van der Waals surface area contributed by atoms with Gasteiger partial charge in [0.05, 0.1) is 23.3 Å². The van der Waals surface area contributed by atoms with E-state index in [1.807, 2.05) is 36.0 Å². The number of aryl methyl sites for hydroxylation is 1. The summed E-state index contributed by atoms with van der Waals surface area (Å²) in [5.41, 5.74) is 2.72. The van der Waals surface area contributed by atoms with Crippen LogP contribution in [-0.2, 0) is 27.4 Å². The molecule has 6 rings (SSSR count). The minimum atomic E-state index is -0.821. The number of carbonyl (C=O) groups excluding carboxylic acids is 4. The molecule has 1 saturated heterocycles. The average Bonchev–Trinajstić information content (AvgIpc) is 3.43. The molecule has 38 heavy (non-hydrogen) atoms. The highest BCUT2D eigenvalue weighted by Crippen LogP contribution is 2.37. The van der Waals surface area contributed by atoms with Crippen molar-refractivity contribution in [3.8, 4) is 0 Å². The number of halogens is 1. The monoisotopic (exact) mass is 519 g/mol. The molecule has 2 aromatic carbocycles. The summed E-state index contributed by atoms with van der Waals surface area (Å²) in [5.74, 6) is -2.27. The largest absolute Gasteiger partial charge is 0.446 e. The molecule has 10 nitrogen and oxygen atoms in total. The summed E-state index contributed by atoms with van der Waals surface area (Å²) in [7, 11) is 0. The molecule has 196 valence electrons. The van der Waals surface area contributed by atoms with E-state index in [-0.39, 0.29) is 55.1 Å². The number of carbonyl (C=O) groups is 4. The molecule has 11 heteroatoms. The molecular formula is C27H26FN5O5. The van der Waals surface area contributed by atoms with Crippen LogP contribution in [0.4, 0.5) is 9.18 Å². The molecule has 1 unspecified atom stereocenters. The highest BCUT2D eigenvalue weighted by Gasteiger charge is 2.41.